The van der Waals surface area contributed by atoms with E-state index in [1.165, 1.54) is 50.8 Å². The molecular weight excluding hydrogens is 214 g/mol. The normalized spacial score (nSPS) is 13.3. The predicted molar refractivity (Wildman–Crippen MR) is 78.4 cm³/mol. The Morgan fingerprint density at radius 2 is 1.75 bits per heavy atom. The zero-order valence-electron chi connectivity index (χ0n) is 11.7. The molecule has 0 fully saturated rings. The van der Waals surface area contributed by atoms with Gasteiger partial charge in [0, 0.05) is 11.8 Å². The van der Waals surface area contributed by atoms with Crippen LogP contribution in [0.25, 0.3) is 0 Å². The lowest BCUT2D eigenvalue weighted by Crippen LogP contribution is -2.32. The van der Waals surface area contributed by atoms with E-state index >= 15 is 0 Å². The van der Waals surface area contributed by atoms with Crippen LogP contribution in [-0.4, -0.2) is 23.6 Å². The number of thioether (sulfide) groups is 1. The largest absolute Gasteiger partial charge is 0.313 e. The van der Waals surface area contributed by atoms with E-state index in [2.05, 4.69) is 44.8 Å². The maximum atomic E-state index is 3.68. The SMILES string of the molecule is CCCCCCC(CSC(C)C)NCCC. The Kier molecular flexibility index (Phi) is 12.0. The van der Waals surface area contributed by atoms with Crippen LogP contribution in [0.1, 0.15) is 66.2 Å². The fourth-order valence-electron chi connectivity index (χ4n) is 1.72. The zero-order valence-corrected chi connectivity index (χ0v) is 12.5. The highest BCUT2D eigenvalue weighted by Gasteiger charge is 2.08. The van der Waals surface area contributed by atoms with Crippen LogP contribution in [0.4, 0.5) is 0 Å². The van der Waals surface area contributed by atoms with Gasteiger partial charge in [-0.15, -0.1) is 0 Å². The highest BCUT2D eigenvalue weighted by molar-refractivity contribution is 7.99. The summed E-state index contributed by atoms with van der Waals surface area (Å²) in [7, 11) is 0. The average Bonchev–Trinajstić information content (AvgIpc) is 2.26. The second-order valence-electron chi connectivity index (χ2n) is 4.88. The number of hydrogen-bond acceptors (Lipinski definition) is 2. The molecule has 0 aliphatic rings. The third kappa shape index (κ3) is 10.8. The van der Waals surface area contributed by atoms with E-state index in [9.17, 15) is 0 Å². The molecule has 0 spiro atoms. The fraction of sp³-hybridized carbons (Fsp3) is 1.00. The lowest BCUT2D eigenvalue weighted by molar-refractivity contribution is 0.488. The lowest BCUT2D eigenvalue weighted by Gasteiger charge is -2.19. The third-order valence-electron chi connectivity index (χ3n) is 2.72. The first-order chi connectivity index (χ1) is 7.70. The molecule has 0 rings (SSSR count). The van der Waals surface area contributed by atoms with Gasteiger partial charge in [-0.3, -0.25) is 0 Å². The van der Waals surface area contributed by atoms with Crippen molar-refractivity contribution in [3.8, 4) is 0 Å². The summed E-state index contributed by atoms with van der Waals surface area (Å²) < 4.78 is 0. The van der Waals surface area contributed by atoms with E-state index < -0.39 is 0 Å². The van der Waals surface area contributed by atoms with Gasteiger partial charge in [-0.2, -0.15) is 11.8 Å². The Hall–Kier alpha value is 0.310. The Labute approximate surface area is 107 Å². The first-order valence-electron chi connectivity index (χ1n) is 7.05. The molecule has 0 aliphatic carbocycles. The van der Waals surface area contributed by atoms with Gasteiger partial charge in [-0.05, 0) is 24.6 Å². The first-order valence-corrected chi connectivity index (χ1v) is 8.10. The molecule has 98 valence electrons. The fourth-order valence-corrected chi connectivity index (χ4v) is 2.62. The summed E-state index contributed by atoms with van der Waals surface area (Å²) in [6.07, 6.45) is 8.16. The number of nitrogens with one attached hydrogen (secondary N) is 1. The highest BCUT2D eigenvalue weighted by Crippen LogP contribution is 2.14. The number of rotatable bonds is 11. The van der Waals surface area contributed by atoms with Crippen LogP contribution in [0.3, 0.4) is 0 Å². The second kappa shape index (κ2) is 11.8. The topological polar surface area (TPSA) is 12.0 Å². The summed E-state index contributed by atoms with van der Waals surface area (Å²) in [5, 5.41) is 4.45. The summed E-state index contributed by atoms with van der Waals surface area (Å²) in [4.78, 5) is 0. The molecule has 0 aliphatic heterocycles. The van der Waals surface area contributed by atoms with Gasteiger partial charge in [0.1, 0.15) is 0 Å². The molecule has 0 bridgehead atoms. The maximum Gasteiger partial charge on any atom is 0.0158 e. The molecule has 1 unspecified atom stereocenters. The van der Waals surface area contributed by atoms with Gasteiger partial charge in [0.15, 0.2) is 0 Å². The minimum atomic E-state index is 0.740. The van der Waals surface area contributed by atoms with Gasteiger partial charge in [0.05, 0.1) is 0 Å². The van der Waals surface area contributed by atoms with Crippen molar-refractivity contribution in [1.82, 2.24) is 5.32 Å². The van der Waals surface area contributed by atoms with Crippen molar-refractivity contribution in [2.45, 2.75) is 77.5 Å². The molecule has 0 saturated heterocycles. The van der Waals surface area contributed by atoms with Crippen LogP contribution in [0, 0.1) is 0 Å². The van der Waals surface area contributed by atoms with E-state index in [0.717, 1.165) is 11.3 Å². The Bertz CT molecular complexity index is 137. The van der Waals surface area contributed by atoms with Crippen molar-refractivity contribution in [3.05, 3.63) is 0 Å². The lowest BCUT2D eigenvalue weighted by atomic mass is 10.1. The van der Waals surface area contributed by atoms with Crippen LogP contribution in [0.2, 0.25) is 0 Å². The third-order valence-corrected chi connectivity index (χ3v) is 3.98. The molecule has 1 nitrogen and oxygen atoms in total. The van der Waals surface area contributed by atoms with Crippen molar-refractivity contribution in [2.24, 2.45) is 0 Å². The number of unbranched alkanes of at least 4 members (excludes halogenated alkanes) is 3. The summed E-state index contributed by atoms with van der Waals surface area (Å²) in [6.45, 7) is 10.3. The van der Waals surface area contributed by atoms with Crippen molar-refractivity contribution < 1.29 is 0 Å². The van der Waals surface area contributed by atoms with E-state index in [4.69, 9.17) is 0 Å². The van der Waals surface area contributed by atoms with Crippen LogP contribution in [0.15, 0.2) is 0 Å². The smallest absolute Gasteiger partial charge is 0.0158 e. The molecule has 0 radical (unpaired) electrons. The first kappa shape index (κ1) is 16.3. The minimum absolute atomic E-state index is 0.740. The maximum absolute atomic E-state index is 3.68. The van der Waals surface area contributed by atoms with Gasteiger partial charge in [0.2, 0.25) is 0 Å². The number of hydrogen-bond donors (Lipinski definition) is 1. The van der Waals surface area contributed by atoms with Crippen LogP contribution >= 0.6 is 11.8 Å². The molecule has 2 heteroatoms. The van der Waals surface area contributed by atoms with Crippen LogP contribution in [0.5, 0.6) is 0 Å². The molecule has 16 heavy (non-hydrogen) atoms. The van der Waals surface area contributed by atoms with Gasteiger partial charge >= 0.3 is 0 Å². The average molecular weight is 245 g/mol. The molecule has 0 aromatic carbocycles. The van der Waals surface area contributed by atoms with Crippen molar-refractivity contribution in [1.29, 1.82) is 0 Å². The summed E-state index contributed by atoms with van der Waals surface area (Å²) in [6, 6.07) is 0.740. The van der Waals surface area contributed by atoms with Crippen molar-refractivity contribution in [2.75, 3.05) is 12.3 Å². The van der Waals surface area contributed by atoms with Gasteiger partial charge in [-0.25, -0.2) is 0 Å². The van der Waals surface area contributed by atoms with E-state index in [1.54, 1.807) is 0 Å². The second-order valence-corrected chi connectivity index (χ2v) is 6.49. The summed E-state index contributed by atoms with van der Waals surface area (Å²) in [5.41, 5.74) is 0. The quantitative estimate of drug-likeness (QED) is 0.539. The molecule has 1 atom stereocenters. The van der Waals surface area contributed by atoms with Crippen LogP contribution < -0.4 is 5.32 Å². The molecular formula is C14H31NS. The molecule has 0 heterocycles. The Morgan fingerprint density at radius 1 is 1.00 bits per heavy atom. The molecule has 0 aromatic heterocycles. The van der Waals surface area contributed by atoms with Crippen LogP contribution in [-0.2, 0) is 0 Å². The van der Waals surface area contributed by atoms with E-state index in [1.807, 2.05) is 0 Å². The van der Waals surface area contributed by atoms with Gasteiger partial charge < -0.3 is 5.32 Å². The van der Waals surface area contributed by atoms with Crippen molar-refractivity contribution in [3.63, 3.8) is 0 Å². The Morgan fingerprint density at radius 3 is 2.31 bits per heavy atom. The predicted octanol–water partition coefficient (Wildman–Crippen LogP) is 4.47. The van der Waals surface area contributed by atoms with Gasteiger partial charge in [-0.1, -0.05) is 53.4 Å². The molecule has 0 amide bonds. The summed E-state index contributed by atoms with van der Waals surface area (Å²) >= 11 is 2.09. The van der Waals surface area contributed by atoms with E-state index in [0.29, 0.717) is 0 Å². The standard InChI is InChI=1S/C14H31NS/c1-5-7-8-9-10-14(15-11-6-2)12-16-13(3)4/h13-15H,5-12H2,1-4H3. The molecule has 0 aromatic rings. The monoisotopic (exact) mass is 245 g/mol. The van der Waals surface area contributed by atoms with Crippen molar-refractivity contribution >= 4 is 11.8 Å². The molecule has 1 N–H and O–H groups in total. The molecule has 0 saturated carbocycles. The summed E-state index contributed by atoms with van der Waals surface area (Å²) in [5.74, 6) is 1.28. The highest BCUT2D eigenvalue weighted by atomic mass is 32.2. The minimum Gasteiger partial charge on any atom is -0.313 e. The Balaban J connectivity index is 3.62. The van der Waals surface area contributed by atoms with E-state index in [-0.39, 0.29) is 0 Å². The van der Waals surface area contributed by atoms with Gasteiger partial charge in [0.25, 0.3) is 0 Å². The zero-order chi connectivity index (χ0) is 12.2.